The summed E-state index contributed by atoms with van der Waals surface area (Å²) in [6, 6.07) is 1.95. The minimum Gasteiger partial charge on any atom is -0.389 e. The van der Waals surface area contributed by atoms with Crippen molar-refractivity contribution in [1.29, 1.82) is 0 Å². The van der Waals surface area contributed by atoms with E-state index in [4.69, 9.17) is 4.52 Å². The van der Waals surface area contributed by atoms with Crippen LogP contribution in [-0.4, -0.2) is 57.8 Å². The van der Waals surface area contributed by atoms with E-state index in [9.17, 15) is 9.90 Å². The Bertz CT molecular complexity index is 529. The van der Waals surface area contributed by atoms with Crippen molar-refractivity contribution in [3.05, 3.63) is 17.5 Å². The molecular formula is C17H27N3O3. The van der Waals surface area contributed by atoms with Gasteiger partial charge in [-0.2, -0.15) is 0 Å². The van der Waals surface area contributed by atoms with Crippen LogP contribution >= 0.6 is 0 Å². The largest absolute Gasteiger partial charge is 0.389 e. The number of rotatable bonds is 4. The van der Waals surface area contributed by atoms with Gasteiger partial charge in [-0.1, -0.05) is 24.4 Å². The number of amides is 1. The molecule has 0 spiro atoms. The van der Waals surface area contributed by atoms with Gasteiger partial charge in [0.2, 0.25) is 5.91 Å². The van der Waals surface area contributed by atoms with Crippen molar-refractivity contribution in [2.45, 2.75) is 57.6 Å². The standard InChI is InChI=1S/C17H27N3O3/c1-14-11-15(18-23-14)13-19-7-9-20(10-8-19)16(21)12-17(22)5-3-2-4-6-17/h11,22H,2-10,12-13H2,1H3. The quantitative estimate of drug-likeness (QED) is 0.914. The molecule has 1 aromatic heterocycles. The molecule has 2 aliphatic rings. The molecule has 2 fully saturated rings. The molecule has 1 aliphatic carbocycles. The molecule has 0 aromatic carbocycles. The molecule has 6 heteroatoms. The summed E-state index contributed by atoms with van der Waals surface area (Å²) in [6.07, 6.45) is 5.07. The van der Waals surface area contributed by atoms with E-state index in [2.05, 4.69) is 10.1 Å². The van der Waals surface area contributed by atoms with Gasteiger partial charge < -0.3 is 14.5 Å². The van der Waals surface area contributed by atoms with Gasteiger partial charge >= 0.3 is 0 Å². The highest BCUT2D eigenvalue weighted by Crippen LogP contribution is 2.31. The van der Waals surface area contributed by atoms with Gasteiger partial charge in [0.05, 0.1) is 17.7 Å². The fourth-order valence-corrected chi connectivity index (χ4v) is 3.66. The van der Waals surface area contributed by atoms with Crippen LogP contribution in [0.5, 0.6) is 0 Å². The Morgan fingerprint density at radius 3 is 2.57 bits per heavy atom. The first-order valence-electron chi connectivity index (χ1n) is 8.69. The molecule has 0 atom stereocenters. The third-order valence-corrected chi connectivity index (χ3v) is 5.05. The van der Waals surface area contributed by atoms with Crippen molar-refractivity contribution in [3.63, 3.8) is 0 Å². The van der Waals surface area contributed by atoms with Gasteiger partial charge in [-0.25, -0.2) is 0 Å². The van der Waals surface area contributed by atoms with Gasteiger partial charge in [-0.3, -0.25) is 9.69 Å². The number of aromatic nitrogens is 1. The van der Waals surface area contributed by atoms with E-state index in [1.54, 1.807) is 0 Å². The zero-order valence-corrected chi connectivity index (χ0v) is 14.0. The second kappa shape index (κ2) is 7.01. The molecule has 0 radical (unpaired) electrons. The lowest BCUT2D eigenvalue weighted by Crippen LogP contribution is -2.50. The topological polar surface area (TPSA) is 69.8 Å². The van der Waals surface area contributed by atoms with E-state index in [1.807, 2.05) is 17.9 Å². The second-order valence-electron chi connectivity index (χ2n) is 7.05. The van der Waals surface area contributed by atoms with Gasteiger partial charge in [0.15, 0.2) is 0 Å². The molecule has 2 heterocycles. The maximum Gasteiger partial charge on any atom is 0.225 e. The highest BCUT2D eigenvalue weighted by molar-refractivity contribution is 5.77. The Balaban J connectivity index is 1.45. The molecule has 1 amide bonds. The summed E-state index contributed by atoms with van der Waals surface area (Å²) in [5, 5.41) is 14.6. The Morgan fingerprint density at radius 2 is 1.96 bits per heavy atom. The Hall–Kier alpha value is -1.40. The van der Waals surface area contributed by atoms with Crippen molar-refractivity contribution in [1.82, 2.24) is 15.0 Å². The molecule has 1 aliphatic heterocycles. The Kier molecular flexibility index (Phi) is 5.02. The van der Waals surface area contributed by atoms with Crippen LogP contribution in [0.15, 0.2) is 10.6 Å². The van der Waals surface area contributed by atoms with Crippen LogP contribution in [0.2, 0.25) is 0 Å². The van der Waals surface area contributed by atoms with Crippen molar-refractivity contribution >= 4 is 5.91 Å². The first-order chi connectivity index (χ1) is 11.0. The molecule has 1 saturated carbocycles. The van der Waals surface area contributed by atoms with Gasteiger partial charge in [0.1, 0.15) is 5.76 Å². The van der Waals surface area contributed by atoms with E-state index < -0.39 is 5.60 Å². The molecule has 23 heavy (non-hydrogen) atoms. The average molecular weight is 321 g/mol. The zero-order valence-electron chi connectivity index (χ0n) is 14.0. The summed E-state index contributed by atoms with van der Waals surface area (Å²) in [7, 11) is 0. The summed E-state index contributed by atoms with van der Waals surface area (Å²) in [4.78, 5) is 16.6. The number of carbonyl (C=O) groups is 1. The van der Waals surface area contributed by atoms with E-state index in [0.717, 1.165) is 69.9 Å². The van der Waals surface area contributed by atoms with E-state index in [-0.39, 0.29) is 12.3 Å². The van der Waals surface area contributed by atoms with E-state index in [1.165, 1.54) is 6.42 Å². The minimum absolute atomic E-state index is 0.103. The van der Waals surface area contributed by atoms with Crippen molar-refractivity contribution < 1.29 is 14.4 Å². The van der Waals surface area contributed by atoms with Crippen molar-refractivity contribution in [3.8, 4) is 0 Å². The van der Waals surface area contributed by atoms with Crippen molar-refractivity contribution in [2.24, 2.45) is 0 Å². The number of aryl methyl sites for hydroxylation is 1. The second-order valence-corrected chi connectivity index (χ2v) is 7.05. The average Bonchev–Trinajstić information content (AvgIpc) is 2.93. The molecule has 6 nitrogen and oxygen atoms in total. The Morgan fingerprint density at radius 1 is 1.26 bits per heavy atom. The maximum atomic E-state index is 12.5. The third kappa shape index (κ3) is 4.32. The summed E-state index contributed by atoms with van der Waals surface area (Å²) in [6.45, 7) is 5.80. The van der Waals surface area contributed by atoms with E-state index >= 15 is 0 Å². The first kappa shape index (κ1) is 16.5. The number of nitrogens with zero attached hydrogens (tertiary/aromatic N) is 3. The third-order valence-electron chi connectivity index (χ3n) is 5.05. The highest BCUT2D eigenvalue weighted by atomic mass is 16.5. The molecule has 1 aromatic rings. The molecule has 1 saturated heterocycles. The van der Waals surface area contributed by atoms with Gasteiger partial charge in [0, 0.05) is 38.8 Å². The summed E-state index contributed by atoms with van der Waals surface area (Å²) in [5.74, 6) is 0.931. The molecule has 128 valence electrons. The fourth-order valence-electron chi connectivity index (χ4n) is 3.66. The lowest BCUT2D eigenvalue weighted by Gasteiger charge is -2.37. The van der Waals surface area contributed by atoms with Crippen LogP contribution in [0, 0.1) is 6.92 Å². The van der Waals surface area contributed by atoms with Gasteiger partial charge in [-0.05, 0) is 19.8 Å². The number of piperazine rings is 1. The lowest BCUT2D eigenvalue weighted by atomic mass is 9.82. The van der Waals surface area contributed by atoms with Crippen LogP contribution in [0.4, 0.5) is 0 Å². The highest BCUT2D eigenvalue weighted by Gasteiger charge is 2.34. The number of hydrogen-bond acceptors (Lipinski definition) is 5. The summed E-state index contributed by atoms with van der Waals surface area (Å²) in [5.41, 5.74) is 0.184. The fraction of sp³-hybridized carbons (Fsp3) is 0.765. The minimum atomic E-state index is -0.759. The van der Waals surface area contributed by atoms with Gasteiger partial charge in [0.25, 0.3) is 0 Å². The normalized spacial score (nSPS) is 22.3. The zero-order chi connectivity index (χ0) is 16.3. The summed E-state index contributed by atoms with van der Waals surface area (Å²) < 4.78 is 5.09. The van der Waals surface area contributed by atoms with Crippen molar-refractivity contribution in [2.75, 3.05) is 26.2 Å². The smallest absolute Gasteiger partial charge is 0.225 e. The predicted octanol–water partition coefficient (Wildman–Crippen LogP) is 1.71. The van der Waals surface area contributed by atoms with Crippen LogP contribution in [0.1, 0.15) is 50.0 Å². The van der Waals surface area contributed by atoms with E-state index in [0.29, 0.717) is 0 Å². The predicted molar refractivity (Wildman–Crippen MR) is 85.7 cm³/mol. The number of carbonyl (C=O) groups excluding carboxylic acids is 1. The first-order valence-corrected chi connectivity index (χ1v) is 8.69. The van der Waals surface area contributed by atoms with Crippen LogP contribution in [-0.2, 0) is 11.3 Å². The van der Waals surface area contributed by atoms with Crippen LogP contribution in [0.3, 0.4) is 0 Å². The lowest BCUT2D eigenvalue weighted by molar-refractivity contribution is -0.139. The maximum absolute atomic E-state index is 12.5. The molecule has 0 bridgehead atoms. The molecule has 1 N–H and O–H groups in total. The Labute approximate surface area is 137 Å². The number of aliphatic hydroxyl groups is 1. The SMILES string of the molecule is Cc1cc(CN2CCN(C(=O)CC3(O)CCCCC3)CC2)no1. The number of hydrogen-bond donors (Lipinski definition) is 1. The summed E-state index contributed by atoms with van der Waals surface area (Å²) >= 11 is 0. The monoisotopic (exact) mass is 321 g/mol. The molecule has 0 unspecified atom stereocenters. The molecule has 3 rings (SSSR count). The molecular weight excluding hydrogens is 294 g/mol. The van der Waals surface area contributed by atoms with Crippen LogP contribution < -0.4 is 0 Å². The van der Waals surface area contributed by atoms with Crippen LogP contribution in [0.25, 0.3) is 0 Å². The van der Waals surface area contributed by atoms with Gasteiger partial charge in [-0.15, -0.1) is 0 Å².